The Balaban J connectivity index is 0.679. The molecule has 24 heteroatoms. The summed E-state index contributed by atoms with van der Waals surface area (Å²) in [7, 11) is 0. The minimum Gasteiger partial charge on any atom is -0.322 e. The summed E-state index contributed by atoms with van der Waals surface area (Å²) in [6.45, 7) is 0. The van der Waals surface area contributed by atoms with Crippen molar-refractivity contribution in [1.29, 1.82) is 0 Å². The molecular weight excluding hydrogens is 1680 g/mol. The minimum atomic E-state index is -0.376. The average molecular weight is 1800 g/mol. The van der Waals surface area contributed by atoms with Gasteiger partial charge in [-0.25, -0.2) is 0 Å². The standard InChI is InChI=1S/C112H116N24/c1-17-41-81-65(25-1)49-57-129(81)121-97-73-33-9-10-34-74(73)98(122-130-58-50-66-26-2-18-42-82(66)130)90-89(97)105-113-106(90)118-108-93-94(102(126-134-62-54-70-30-6-22-46-86(70)134)78-38-14-13-37-77(78)101(93)125-133-61-53-69-29-5-21-45-85(69)133)110(115-108)120-112-96-95(103(127-135-63-55-71-31-7-23-47-87(71)135)79-39-15-16-40-80(79)104(96)128-136-64-56-72-32-8-24-48-88(72)136)111(116-112)119-109-92-91(107(114-109)117-105)99(123-131-59-51-67-27-3-19-43-83(67)131)75-35-11-12-36-76(75)100(92)124-132-60-52-68-28-4-20-44-84(68)132/h1-10,15-34,39-64,73,75-78,80,89-97,99-102,104-128H,11-14,35-38H2. The number of hydrogen-bond donors (Lipinski definition) is 16. The van der Waals surface area contributed by atoms with E-state index in [-0.39, 0.29) is 168 Å². The molecule has 28 atom stereocenters. The first-order valence-corrected chi connectivity index (χ1v) is 50.3. The van der Waals surface area contributed by atoms with Crippen LogP contribution in [0, 0.1) is 82.9 Å². The summed E-state index contributed by atoms with van der Waals surface area (Å²) in [4.78, 5) is 0. The van der Waals surface area contributed by atoms with Crippen molar-refractivity contribution in [2.45, 2.75) is 137 Å². The zero-order valence-corrected chi connectivity index (χ0v) is 75.7. The van der Waals surface area contributed by atoms with Gasteiger partial charge in [-0.15, -0.1) is 0 Å². The predicted octanol–water partition coefficient (Wildman–Crippen LogP) is 15.8. The van der Waals surface area contributed by atoms with Crippen LogP contribution in [0.5, 0.6) is 0 Å². The number of para-hydroxylation sites is 8. The highest BCUT2D eigenvalue weighted by atomic mass is 15.5. The van der Waals surface area contributed by atoms with Gasteiger partial charge < -0.3 is 32.6 Å². The van der Waals surface area contributed by atoms with E-state index in [4.69, 9.17) is 42.5 Å². The Hall–Kier alpha value is -13.4. The maximum absolute atomic E-state index is 4.93. The van der Waals surface area contributed by atoms with Crippen molar-refractivity contribution in [2.75, 3.05) is 43.4 Å². The lowest BCUT2D eigenvalue weighted by Crippen LogP contribution is -2.66. The number of rotatable bonds is 16. The molecule has 8 bridgehead atoms. The molecule has 8 aliphatic carbocycles. The van der Waals surface area contributed by atoms with Crippen LogP contribution in [0.15, 0.2) is 363 Å². The molecule has 28 unspecified atom stereocenters. The van der Waals surface area contributed by atoms with E-state index in [1.54, 1.807) is 0 Å². The first kappa shape index (κ1) is 79.9. The molecule has 4 saturated carbocycles. The maximum Gasteiger partial charge on any atom is 0.0696 e. The third kappa shape index (κ3) is 12.8. The van der Waals surface area contributed by atoms with E-state index in [9.17, 15) is 0 Å². The van der Waals surface area contributed by atoms with Crippen LogP contribution in [0.3, 0.4) is 0 Å². The van der Waals surface area contributed by atoms with Crippen molar-refractivity contribution < 1.29 is 0 Å². The molecule has 13 aliphatic rings. The number of nitrogens with zero attached hydrogens (tertiary/aromatic N) is 8. The molecule has 0 spiro atoms. The second-order valence-corrected chi connectivity index (χ2v) is 41.3. The lowest BCUT2D eigenvalue weighted by atomic mass is 9.58. The highest BCUT2D eigenvalue weighted by Gasteiger charge is 2.67. The van der Waals surface area contributed by atoms with Crippen LogP contribution >= 0.6 is 0 Å². The molecule has 8 aromatic heterocycles. The molecule has 0 radical (unpaired) electrons. The summed E-state index contributed by atoms with van der Waals surface area (Å²) in [5, 5.41) is 48.6. The van der Waals surface area contributed by atoms with Crippen LogP contribution in [-0.4, -0.2) is 123 Å². The highest BCUT2D eigenvalue weighted by molar-refractivity contribution is 5.86. The molecule has 136 heavy (non-hydrogen) atoms. The number of allylic oxidation sites excluding steroid dienone is 6. The smallest absolute Gasteiger partial charge is 0.0696 e. The van der Waals surface area contributed by atoms with Crippen molar-refractivity contribution in [3.05, 3.63) is 363 Å². The third-order valence-electron chi connectivity index (χ3n) is 34.9. The van der Waals surface area contributed by atoms with E-state index < -0.39 is 0 Å². The summed E-state index contributed by atoms with van der Waals surface area (Å²) in [6, 6.07) is 89.3. The fraction of sp³-hybridized carbons (Fsp3) is 0.321. The molecule has 16 N–H and O–H groups in total. The Morgan fingerprint density at radius 1 is 0.213 bits per heavy atom. The summed E-state index contributed by atoms with van der Waals surface area (Å²) < 4.78 is 19.0. The molecule has 13 heterocycles. The zero-order chi connectivity index (χ0) is 88.9. The van der Waals surface area contributed by atoms with Gasteiger partial charge in [-0.2, -0.15) is 0 Å². The van der Waals surface area contributed by atoms with E-state index in [1.807, 2.05) is 0 Å². The second-order valence-electron chi connectivity index (χ2n) is 41.3. The van der Waals surface area contributed by atoms with Crippen molar-refractivity contribution in [1.82, 2.24) is 79.9 Å². The lowest BCUT2D eigenvalue weighted by molar-refractivity contribution is 0.0313. The molecule has 5 aliphatic heterocycles. The van der Waals surface area contributed by atoms with Gasteiger partial charge in [-0.1, -0.05) is 220 Å². The monoisotopic (exact) mass is 1800 g/mol. The Morgan fingerprint density at radius 2 is 0.426 bits per heavy atom. The van der Waals surface area contributed by atoms with E-state index >= 15 is 0 Å². The maximum atomic E-state index is 4.93. The van der Waals surface area contributed by atoms with Gasteiger partial charge >= 0.3 is 0 Å². The fourth-order valence-corrected chi connectivity index (χ4v) is 29.3. The van der Waals surface area contributed by atoms with Crippen LogP contribution in [-0.2, 0) is 0 Å². The first-order chi connectivity index (χ1) is 67.4. The molecule has 29 rings (SSSR count). The van der Waals surface area contributed by atoms with E-state index in [1.165, 1.54) is 87.7 Å². The average Bonchev–Trinajstić information content (AvgIpc) is 1.55. The molecule has 24 nitrogen and oxygen atoms in total. The van der Waals surface area contributed by atoms with Gasteiger partial charge in [0.1, 0.15) is 0 Å². The quantitative estimate of drug-likeness (QED) is 0.0431. The van der Waals surface area contributed by atoms with E-state index in [2.05, 4.69) is 422 Å². The zero-order valence-electron chi connectivity index (χ0n) is 75.7. The molecule has 8 aromatic carbocycles. The van der Waals surface area contributed by atoms with Crippen LogP contribution in [0.25, 0.3) is 87.2 Å². The van der Waals surface area contributed by atoms with Gasteiger partial charge in [-0.3, -0.25) is 90.8 Å². The fourth-order valence-electron chi connectivity index (χ4n) is 29.3. The van der Waals surface area contributed by atoms with Crippen LogP contribution in [0.1, 0.15) is 51.4 Å². The molecule has 16 aromatic rings. The van der Waals surface area contributed by atoms with Crippen LogP contribution in [0.2, 0.25) is 0 Å². The highest BCUT2D eigenvalue weighted by Crippen LogP contribution is 2.57. The molecular formula is C112H116N24. The number of fused-ring (bicyclic) bond motifs is 32. The SMILES string of the molecule is C1=CC2=C(Nn3ccc4ccccc43)C3C4NC(NC5NC(NC6NC(NC7NC(N4)C4C(Nn8ccc9ccccc98)C8CCCCC8C(Nn8ccc9ccccc98)C74)C4C(Nn7ccc8ccccc87)C7C=CC=CC7=C(Nn7ccc8ccccc87)C64)C4C(Nn6ccc7ccccc76)C6CCCCC6C(Nn6ccc7ccccc76)C54)C3C(Nn3ccc4ccccc43)C2C=C1. The Morgan fingerprint density at radius 3 is 0.684 bits per heavy atom. The summed E-state index contributed by atoms with van der Waals surface area (Å²) in [6.07, 6.45) is 43.6. The Labute approximate surface area is 789 Å². The lowest BCUT2D eigenvalue weighted by Gasteiger charge is -2.54. The van der Waals surface area contributed by atoms with E-state index in [0.717, 1.165) is 73.4 Å². The molecule has 684 valence electrons. The normalized spacial score (nSPS) is 33.5. The number of benzene rings is 8. The van der Waals surface area contributed by atoms with Gasteiger partial charge in [0.25, 0.3) is 0 Å². The van der Waals surface area contributed by atoms with E-state index in [0.29, 0.717) is 0 Å². The van der Waals surface area contributed by atoms with Crippen molar-refractivity contribution >= 4 is 87.2 Å². The number of nitrogens with one attached hydrogen (secondary N) is 16. The molecule has 5 saturated heterocycles. The first-order valence-electron chi connectivity index (χ1n) is 50.3. The van der Waals surface area contributed by atoms with Crippen LogP contribution in [0.4, 0.5) is 0 Å². The minimum absolute atomic E-state index is 0.0291. The summed E-state index contributed by atoms with van der Waals surface area (Å²) in [5.74, 6) is -0.117. The molecule has 9 fully saturated rings. The van der Waals surface area contributed by atoms with Crippen molar-refractivity contribution in [2.24, 2.45) is 82.9 Å². The largest absolute Gasteiger partial charge is 0.322 e. The van der Waals surface area contributed by atoms with Gasteiger partial charge in [0.2, 0.25) is 0 Å². The van der Waals surface area contributed by atoms with Gasteiger partial charge in [-0.05, 0) is 158 Å². The topological polar surface area (TPSA) is 232 Å². The Kier molecular flexibility index (Phi) is 18.9. The third-order valence-corrected chi connectivity index (χ3v) is 34.9. The van der Waals surface area contributed by atoms with Gasteiger partial charge in [0.15, 0.2) is 0 Å². The number of aromatic nitrogens is 8. The second kappa shape index (κ2) is 32.1. The number of hydrogen-bond acceptors (Lipinski definition) is 16. The summed E-state index contributed by atoms with van der Waals surface area (Å²) in [5.41, 5.74) is 50.3. The van der Waals surface area contributed by atoms with Gasteiger partial charge in [0, 0.05) is 163 Å². The van der Waals surface area contributed by atoms with Gasteiger partial charge in [0.05, 0.1) is 130 Å². The molecule has 0 amide bonds. The summed E-state index contributed by atoms with van der Waals surface area (Å²) >= 11 is 0. The van der Waals surface area contributed by atoms with Crippen LogP contribution < -0.4 is 85.9 Å². The van der Waals surface area contributed by atoms with Crippen molar-refractivity contribution in [3.8, 4) is 0 Å². The Bertz CT molecular complexity index is 7060. The predicted molar refractivity (Wildman–Crippen MR) is 545 cm³/mol. The van der Waals surface area contributed by atoms with Crippen molar-refractivity contribution in [3.63, 3.8) is 0 Å².